The van der Waals surface area contributed by atoms with Crippen LogP contribution in [0.15, 0.2) is 23.0 Å². The molecule has 0 amide bonds. The van der Waals surface area contributed by atoms with E-state index in [1.54, 1.807) is 21.5 Å². The van der Waals surface area contributed by atoms with E-state index in [4.69, 9.17) is 0 Å². The fraction of sp³-hybridized carbons (Fsp3) is 0.364. The van der Waals surface area contributed by atoms with E-state index in [0.717, 1.165) is 5.52 Å². The molecule has 0 aliphatic carbocycles. The Labute approximate surface area is 87.3 Å². The summed E-state index contributed by atoms with van der Waals surface area (Å²) in [5.41, 5.74) is 0.746. The van der Waals surface area contributed by atoms with Gasteiger partial charge in [-0.3, -0.25) is 9.48 Å². The van der Waals surface area contributed by atoms with Crippen LogP contribution in [0, 0.1) is 0 Å². The van der Waals surface area contributed by atoms with Crippen LogP contribution >= 0.6 is 0 Å². The Hall–Kier alpha value is -1.71. The van der Waals surface area contributed by atoms with E-state index in [0.29, 0.717) is 5.39 Å². The summed E-state index contributed by atoms with van der Waals surface area (Å²) in [7, 11) is 1.82. The van der Waals surface area contributed by atoms with Crippen molar-refractivity contribution in [1.82, 2.24) is 9.36 Å². The highest BCUT2D eigenvalue weighted by Crippen LogP contribution is 2.18. The molecule has 0 unspecified atom stereocenters. The maximum atomic E-state index is 12.0. The smallest absolute Gasteiger partial charge is 0.274 e. The van der Waals surface area contributed by atoms with Gasteiger partial charge in [0, 0.05) is 19.2 Å². The molecule has 15 heavy (non-hydrogen) atoms. The Morgan fingerprint density at radius 3 is 2.60 bits per heavy atom. The second-order valence-electron chi connectivity index (χ2n) is 3.97. The van der Waals surface area contributed by atoms with Crippen LogP contribution in [0.4, 0.5) is 0 Å². The lowest BCUT2D eigenvalue weighted by Crippen LogP contribution is -2.23. The standard InChI is InChI=1S/C11H14N2O2/c1-7(2)13-11(15)9-5-4-8(14)6-10(9)12(13)3/h4-7,14H,1-3H3. The molecule has 0 spiro atoms. The van der Waals surface area contributed by atoms with Gasteiger partial charge in [0.1, 0.15) is 5.75 Å². The van der Waals surface area contributed by atoms with Gasteiger partial charge in [-0.15, -0.1) is 0 Å². The number of aromatic hydroxyl groups is 1. The van der Waals surface area contributed by atoms with Crippen LogP contribution in [0.1, 0.15) is 19.9 Å². The molecular weight excluding hydrogens is 192 g/mol. The molecule has 0 fully saturated rings. The number of aromatic nitrogens is 2. The number of phenols is 1. The molecule has 0 radical (unpaired) electrons. The van der Waals surface area contributed by atoms with Crippen molar-refractivity contribution in [2.45, 2.75) is 19.9 Å². The number of hydrogen-bond acceptors (Lipinski definition) is 2. The average molecular weight is 206 g/mol. The van der Waals surface area contributed by atoms with Crippen LogP contribution in [0.25, 0.3) is 10.9 Å². The molecule has 0 atom stereocenters. The second kappa shape index (κ2) is 3.15. The van der Waals surface area contributed by atoms with Crippen LogP contribution in [0.3, 0.4) is 0 Å². The highest BCUT2D eigenvalue weighted by Gasteiger charge is 2.12. The number of benzene rings is 1. The number of hydrogen-bond donors (Lipinski definition) is 1. The molecule has 0 aliphatic heterocycles. The van der Waals surface area contributed by atoms with Crippen molar-refractivity contribution in [3.05, 3.63) is 28.6 Å². The summed E-state index contributed by atoms with van der Waals surface area (Å²) < 4.78 is 3.45. The molecule has 4 nitrogen and oxygen atoms in total. The minimum Gasteiger partial charge on any atom is -0.508 e. The molecule has 1 N–H and O–H groups in total. The SMILES string of the molecule is CC(C)n1c(=O)c2ccc(O)cc2n1C. The van der Waals surface area contributed by atoms with Crippen LogP contribution < -0.4 is 5.56 Å². The third-order valence-electron chi connectivity index (χ3n) is 2.58. The van der Waals surface area contributed by atoms with Gasteiger partial charge in [-0.05, 0) is 26.0 Å². The monoisotopic (exact) mass is 206 g/mol. The topological polar surface area (TPSA) is 47.2 Å². The Morgan fingerprint density at radius 2 is 2.00 bits per heavy atom. The predicted molar refractivity (Wildman–Crippen MR) is 59.2 cm³/mol. The van der Waals surface area contributed by atoms with E-state index in [1.807, 2.05) is 20.9 Å². The highest BCUT2D eigenvalue weighted by molar-refractivity contribution is 5.80. The van der Waals surface area contributed by atoms with Gasteiger partial charge >= 0.3 is 0 Å². The van der Waals surface area contributed by atoms with Crippen molar-refractivity contribution in [1.29, 1.82) is 0 Å². The molecular formula is C11H14N2O2. The fourth-order valence-corrected chi connectivity index (χ4v) is 1.93. The maximum absolute atomic E-state index is 12.0. The first kappa shape index (κ1) is 9.83. The number of rotatable bonds is 1. The first-order valence-electron chi connectivity index (χ1n) is 4.92. The lowest BCUT2D eigenvalue weighted by atomic mass is 10.2. The molecule has 2 aromatic rings. The van der Waals surface area contributed by atoms with Gasteiger partial charge in [0.25, 0.3) is 5.56 Å². The van der Waals surface area contributed by atoms with Gasteiger partial charge in [-0.1, -0.05) is 0 Å². The Balaban J connectivity index is 2.92. The van der Waals surface area contributed by atoms with Gasteiger partial charge in [-0.2, -0.15) is 0 Å². The normalized spacial score (nSPS) is 11.5. The van der Waals surface area contributed by atoms with Crippen LogP contribution in [-0.2, 0) is 7.05 Å². The van der Waals surface area contributed by atoms with Crippen LogP contribution in [-0.4, -0.2) is 14.5 Å². The zero-order valence-corrected chi connectivity index (χ0v) is 9.06. The third kappa shape index (κ3) is 1.33. The summed E-state index contributed by atoms with van der Waals surface area (Å²) in [6, 6.07) is 4.91. The third-order valence-corrected chi connectivity index (χ3v) is 2.58. The van der Waals surface area contributed by atoms with Crippen molar-refractivity contribution in [3.63, 3.8) is 0 Å². The van der Waals surface area contributed by atoms with Crippen molar-refractivity contribution >= 4 is 10.9 Å². The summed E-state index contributed by atoms with van der Waals surface area (Å²) in [6.07, 6.45) is 0. The van der Waals surface area contributed by atoms with Crippen molar-refractivity contribution in [2.75, 3.05) is 0 Å². The van der Waals surface area contributed by atoms with Gasteiger partial charge in [-0.25, -0.2) is 4.68 Å². The fourth-order valence-electron chi connectivity index (χ4n) is 1.93. The molecule has 0 saturated carbocycles. The lowest BCUT2D eigenvalue weighted by Gasteiger charge is -2.10. The summed E-state index contributed by atoms with van der Waals surface area (Å²) in [5, 5.41) is 10.0. The minimum absolute atomic E-state index is 0.0116. The number of phenolic OH excluding ortho intramolecular Hbond substituents is 1. The summed E-state index contributed by atoms with van der Waals surface area (Å²) >= 11 is 0. The Morgan fingerprint density at radius 1 is 1.33 bits per heavy atom. The zero-order chi connectivity index (χ0) is 11.2. The largest absolute Gasteiger partial charge is 0.508 e. The quantitative estimate of drug-likeness (QED) is 0.770. The highest BCUT2D eigenvalue weighted by atomic mass is 16.3. The Bertz CT molecular complexity index is 564. The van der Waals surface area contributed by atoms with Gasteiger partial charge in [0.15, 0.2) is 0 Å². The van der Waals surface area contributed by atoms with Gasteiger partial charge in [0.2, 0.25) is 0 Å². The van der Waals surface area contributed by atoms with E-state index in [1.165, 1.54) is 6.07 Å². The average Bonchev–Trinajstić information content (AvgIpc) is 2.39. The number of fused-ring (bicyclic) bond motifs is 1. The van der Waals surface area contributed by atoms with Crippen molar-refractivity contribution < 1.29 is 5.11 Å². The van der Waals surface area contributed by atoms with Crippen molar-refractivity contribution in [2.24, 2.45) is 7.05 Å². The Kier molecular flexibility index (Phi) is 2.07. The van der Waals surface area contributed by atoms with E-state index < -0.39 is 0 Å². The molecule has 80 valence electrons. The van der Waals surface area contributed by atoms with Crippen LogP contribution in [0.5, 0.6) is 5.75 Å². The van der Waals surface area contributed by atoms with E-state index in [2.05, 4.69) is 0 Å². The maximum Gasteiger partial charge on any atom is 0.274 e. The first-order valence-corrected chi connectivity index (χ1v) is 4.92. The molecule has 1 aromatic heterocycles. The van der Waals surface area contributed by atoms with E-state index in [9.17, 15) is 9.90 Å². The first-order chi connectivity index (χ1) is 7.02. The molecule has 2 rings (SSSR count). The molecule has 0 bridgehead atoms. The lowest BCUT2D eigenvalue weighted by molar-refractivity contribution is 0.446. The summed E-state index contributed by atoms with van der Waals surface area (Å²) in [4.78, 5) is 12.0. The van der Waals surface area contributed by atoms with E-state index >= 15 is 0 Å². The molecule has 1 aromatic carbocycles. The zero-order valence-electron chi connectivity index (χ0n) is 9.06. The summed E-state index contributed by atoms with van der Waals surface area (Å²) in [5.74, 6) is 0.180. The van der Waals surface area contributed by atoms with E-state index in [-0.39, 0.29) is 17.4 Å². The minimum atomic E-state index is -0.0116. The molecule has 0 aliphatic rings. The predicted octanol–water partition coefficient (Wildman–Crippen LogP) is 1.63. The number of aryl methyl sites for hydroxylation is 1. The molecule has 4 heteroatoms. The van der Waals surface area contributed by atoms with Crippen molar-refractivity contribution in [3.8, 4) is 5.75 Å². The molecule has 0 saturated heterocycles. The van der Waals surface area contributed by atoms with Gasteiger partial charge < -0.3 is 5.11 Å². The summed E-state index contributed by atoms with van der Waals surface area (Å²) in [6.45, 7) is 3.92. The van der Waals surface area contributed by atoms with Gasteiger partial charge in [0.05, 0.1) is 10.9 Å². The second-order valence-corrected chi connectivity index (χ2v) is 3.97. The number of nitrogens with zero attached hydrogens (tertiary/aromatic N) is 2. The molecule has 1 heterocycles. The van der Waals surface area contributed by atoms with Crippen LogP contribution in [0.2, 0.25) is 0 Å².